The number of benzene rings is 11. The number of hydrogen-bond donors (Lipinski definition) is 0. The maximum absolute atomic E-state index is 2.47. The van der Waals surface area contributed by atoms with E-state index >= 15 is 0 Å². The number of anilines is 3. The predicted molar refractivity (Wildman–Crippen MR) is 306 cm³/mol. The first-order valence-corrected chi connectivity index (χ1v) is 25.5. The number of hydrogen-bond acceptors (Lipinski definition) is 1. The van der Waals surface area contributed by atoms with Gasteiger partial charge in [0.25, 0.3) is 0 Å². The lowest BCUT2D eigenvalue weighted by Crippen LogP contribution is -2.28. The Morgan fingerprint density at radius 1 is 0.370 bits per heavy atom. The van der Waals surface area contributed by atoms with Gasteiger partial charge in [-0.25, -0.2) is 0 Å². The molecule has 344 valence electrons. The number of aryl methyl sites for hydroxylation is 1. The summed E-state index contributed by atoms with van der Waals surface area (Å²) in [6.45, 7) is 0. The molecule has 11 aromatic carbocycles. The third-order valence-electron chi connectivity index (χ3n) is 15.6. The van der Waals surface area contributed by atoms with E-state index in [1.54, 1.807) is 0 Å². The molecule has 0 unspecified atom stereocenters. The molecule has 2 heteroatoms. The van der Waals surface area contributed by atoms with Crippen molar-refractivity contribution >= 4 is 44.9 Å². The number of rotatable bonds is 9. The van der Waals surface area contributed by atoms with Crippen LogP contribution >= 0.6 is 0 Å². The maximum Gasteiger partial charge on any atom is 0.0714 e. The van der Waals surface area contributed by atoms with Crippen molar-refractivity contribution < 1.29 is 0 Å². The molecule has 0 fully saturated rings. The van der Waals surface area contributed by atoms with Gasteiger partial charge in [0.1, 0.15) is 0 Å². The van der Waals surface area contributed by atoms with Crippen molar-refractivity contribution in [3.8, 4) is 50.2 Å². The highest BCUT2D eigenvalue weighted by atomic mass is 15.1. The van der Waals surface area contributed by atoms with E-state index in [1.807, 2.05) is 0 Å². The Balaban J connectivity index is 0.811. The highest BCUT2D eigenvalue weighted by Crippen LogP contribution is 2.56. The van der Waals surface area contributed by atoms with Crippen LogP contribution in [0.4, 0.5) is 17.1 Å². The number of nitrogens with zero attached hydrogens (tertiary/aromatic N) is 2. The van der Waals surface area contributed by atoms with Crippen molar-refractivity contribution in [3.63, 3.8) is 0 Å². The number of allylic oxidation sites excluding steroid dienone is 1. The maximum atomic E-state index is 2.47. The summed E-state index contributed by atoms with van der Waals surface area (Å²) < 4.78 is 2.47. The minimum absolute atomic E-state index is 0.472. The molecule has 2 aliphatic carbocycles. The zero-order valence-corrected chi connectivity index (χ0v) is 40.4. The van der Waals surface area contributed by atoms with Gasteiger partial charge in [0.2, 0.25) is 0 Å². The average Bonchev–Trinajstić information content (AvgIpc) is 3.97. The summed E-state index contributed by atoms with van der Waals surface area (Å²) in [5.41, 5.74) is 24.1. The molecule has 0 amide bonds. The number of para-hydroxylation sites is 1. The van der Waals surface area contributed by atoms with Gasteiger partial charge in [-0.3, -0.25) is 0 Å². The van der Waals surface area contributed by atoms with Crippen molar-refractivity contribution in [1.82, 2.24) is 4.57 Å². The van der Waals surface area contributed by atoms with Crippen LogP contribution in [-0.2, 0) is 11.8 Å². The Morgan fingerprint density at radius 3 is 1.59 bits per heavy atom. The van der Waals surface area contributed by atoms with E-state index in [0.29, 0.717) is 0 Å². The van der Waals surface area contributed by atoms with E-state index in [1.165, 1.54) is 105 Å². The topological polar surface area (TPSA) is 8.17 Å². The standard InChI is InChI=1S/C71H50N2/c1-4-17-49(18-5-1)51-35-40-58(41-36-51)72(68-30-16-20-54-19-10-11-25-61(54)68)59-42-37-52(38-43-59)50-31-33-53(34-32-50)55-39-46-70-65(47-55)64-27-13-15-29-69(64)73(70)60-44-45-63-62-26-12-14-28-66(62)71(67(63)48-60,56-21-6-2-7-22-56)57-23-8-3-9-24-57/h1-9,11-18,20-48H,10,19H2. The van der Waals surface area contributed by atoms with E-state index in [-0.39, 0.29) is 0 Å². The Hall–Kier alpha value is -9.24. The third kappa shape index (κ3) is 7.01. The van der Waals surface area contributed by atoms with Gasteiger partial charge in [-0.15, -0.1) is 0 Å². The van der Waals surface area contributed by atoms with Crippen molar-refractivity contribution in [3.05, 3.63) is 306 Å². The van der Waals surface area contributed by atoms with Gasteiger partial charge in [0, 0.05) is 33.4 Å². The predicted octanol–water partition coefficient (Wildman–Crippen LogP) is 18.6. The van der Waals surface area contributed by atoms with Crippen molar-refractivity contribution in [2.24, 2.45) is 0 Å². The van der Waals surface area contributed by atoms with E-state index in [9.17, 15) is 0 Å². The molecule has 2 aliphatic rings. The van der Waals surface area contributed by atoms with Crippen LogP contribution in [0.2, 0.25) is 0 Å². The third-order valence-corrected chi connectivity index (χ3v) is 15.6. The Labute approximate surface area is 427 Å². The Kier molecular flexibility index (Phi) is 10.3. The summed E-state index contributed by atoms with van der Waals surface area (Å²) >= 11 is 0. The second-order valence-electron chi connectivity index (χ2n) is 19.5. The first-order valence-electron chi connectivity index (χ1n) is 25.5. The molecular weight excluding hydrogens is 881 g/mol. The smallest absolute Gasteiger partial charge is 0.0714 e. The lowest BCUT2D eigenvalue weighted by molar-refractivity contribution is 0.767. The lowest BCUT2D eigenvalue weighted by atomic mass is 9.67. The summed E-state index contributed by atoms with van der Waals surface area (Å²) in [5, 5.41) is 2.48. The fraction of sp³-hybridized carbons (Fsp3) is 0.0423. The molecule has 0 saturated heterocycles. The van der Waals surface area contributed by atoms with Crippen LogP contribution in [-0.4, -0.2) is 4.57 Å². The molecule has 0 atom stereocenters. The van der Waals surface area contributed by atoms with E-state index in [0.717, 1.165) is 29.9 Å². The molecule has 2 nitrogen and oxygen atoms in total. The van der Waals surface area contributed by atoms with Gasteiger partial charge in [-0.05, 0) is 146 Å². The molecule has 73 heavy (non-hydrogen) atoms. The summed E-state index contributed by atoms with van der Waals surface area (Å²) in [4.78, 5) is 2.41. The largest absolute Gasteiger partial charge is 0.310 e. The molecule has 14 rings (SSSR count). The van der Waals surface area contributed by atoms with Gasteiger partial charge in [0.05, 0.1) is 22.1 Å². The monoisotopic (exact) mass is 930 g/mol. The van der Waals surface area contributed by atoms with E-state index in [4.69, 9.17) is 0 Å². The fourth-order valence-electron chi connectivity index (χ4n) is 12.2. The second-order valence-corrected chi connectivity index (χ2v) is 19.5. The van der Waals surface area contributed by atoms with Crippen molar-refractivity contribution in [2.45, 2.75) is 18.3 Å². The molecule has 0 radical (unpaired) electrons. The van der Waals surface area contributed by atoms with Crippen LogP contribution in [0.3, 0.4) is 0 Å². The molecule has 0 N–H and O–H groups in total. The van der Waals surface area contributed by atoms with Crippen molar-refractivity contribution in [1.29, 1.82) is 0 Å². The summed E-state index contributed by atoms with van der Waals surface area (Å²) in [6, 6.07) is 98.7. The zero-order valence-electron chi connectivity index (χ0n) is 40.4. The van der Waals surface area contributed by atoms with E-state index < -0.39 is 5.41 Å². The van der Waals surface area contributed by atoms with E-state index in [2.05, 4.69) is 289 Å². The average molecular weight is 931 g/mol. The van der Waals surface area contributed by atoms with Crippen LogP contribution in [0.15, 0.2) is 273 Å². The SMILES string of the molecule is C1=Cc2c(cccc2N(c2ccc(-c3ccccc3)cc2)c2ccc(-c3ccc(-c4ccc5c(c4)c4ccccc4n5-c4ccc5c(c4)C(c4ccccc4)(c4ccccc4)c4ccccc4-5)cc3)cc2)CC1. The minimum atomic E-state index is -0.472. The van der Waals surface area contributed by atoms with Crippen LogP contribution in [0, 0.1) is 0 Å². The first kappa shape index (κ1) is 42.6. The molecule has 1 aromatic heterocycles. The molecule has 0 saturated carbocycles. The minimum Gasteiger partial charge on any atom is -0.310 e. The fourth-order valence-corrected chi connectivity index (χ4v) is 12.2. The highest BCUT2D eigenvalue weighted by Gasteiger charge is 2.46. The van der Waals surface area contributed by atoms with Crippen LogP contribution in [0.1, 0.15) is 39.8 Å². The molecule has 12 aromatic rings. The Bertz CT molecular complexity index is 4000. The normalized spacial score (nSPS) is 13.2. The first-order chi connectivity index (χ1) is 36.2. The lowest BCUT2D eigenvalue weighted by Gasteiger charge is -2.34. The quantitative estimate of drug-likeness (QED) is 0.140. The van der Waals surface area contributed by atoms with Gasteiger partial charge in [0.15, 0.2) is 0 Å². The van der Waals surface area contributed by atoms with Crippen LogP contribution in [0.5, 0.6) is 0 Å². The number of fused-ring (bicyclic) bond motifs is 7. The van der Waals surface area contributed by atoms with Crippen LogP contribution < -0.4 is 4.90 Å². The van der Waals surface area contributed by atoms with Gasteiger partial charge < -0.3 is 9.47 Å². The van der Waals surface area contributed by atoms with Crippen LogP contribution in [0.25, 0.3) is 78.1 Å². The summed E-state index contributed by atoms with van der Waals surface area (Å²) in [7, 11) is 0. The molecule has 1 heterocycles. The summed E-state index contributed by atoms with van der Waals surface area (Å²) in [6.07, 6.45) is 6.75. The van der Waals surface area contributed by atoms with Gasteiger partial charge in [-0.1, -0.05) is 218 Å². The molecule has 0 spiro atoms. The summed E-state index contributed by atoms with van der Waals surface area (Å²) in [5.74, 6) is 0. The second kappa shape index (κ2) is 17.6. The van der Waals surface area contributed by atoms with Gasteiger partial charge in [-0.2, -0.15) is 0 Å². The van der Waals surface area contributed by atoms with Gasteiger partial charge >= 0.3 is 0 Å². The number of aromatic nitrogens is 1. The van der Waals surface area contributed by atoms with Crippen molar-refractivity contribution in [2.75, 3.05) is 4.90 Å². The highest BCUT2D eigenvalue weighted by molar-refractivity contribution is 6.10. The molecule has 0 bridgehead atoms. The molecule has 0 aliphatic heterocycles. The Morgan fingerprint density at radius 2 is 0.904 bits per heavy atom. The zero-order chi connectivity index (χ0) is 48.3. The molecular formula is C71H50N2.